The van der Waals surface area contributed by atoms with Crippen LogP contribution in [0.5, 0.6) is 0 Å². The molecule has 9 heavy (non-hydrogen) atoms. The first-order chi connectivity index (χ1) is 3.06. The molecular formula is C5H15NNaO2. The third-order valence-corrected chi connectivity index (χ3v) is 0.771. The number of aliphatic hydroxyl groups excluding tert-OH is 1. The topological polar surface area (TPSA) is 50.2 Å². The van der Waals surface area contributed by atoms with Crippen molar-refractivity contribution >= 4 is 29.6 Å². The number of hydrogen-bond acceptors (Lipinski definition) is 2. The van der Waals surface area contributed by atoms with Crippen LogP contribution in [-0.4, -0.2) is 78.9 Å². The van der Waals surface area contributed by atoms with Gasteiger partial charge in [-0.2, -0.15) is 0 Å². The summed E-state index contributed by atoms with van der Waals surface area (Å²) in [6, 6.07) is 0. The van der Waals surface area contributed by atoms with E-state index in [4.69, 9.17) is 5.11 Å². The van der Waals surface area contributed by atoms with Crippen molar-refractivity contribution in [1.82, 2.24) is 0 Å². The fourth-order valence-electron chi connectivity index (χ4n) is 0.300. The monoisotopic (exact) mass is 144 g/mol. The van der Waals surface area contributed by atoms with Gasteiger partial charge in [0.25, 0.3) is 0 Å². The Morgan fingerprint density at radius 2 is 1.56 bits per heavy atom. The molecule has 1 radical (unpaired) electrons. The van der Waals surface area contributed by atoms with Crippen molar-refractivity contribution < 1.29 is 15.1 Å². The molecule has 0 amide bonds. The van der Waals surface area contributed by atoms with Gasteiger partial charge < -0.3 is 15.1 Å². The first-order valence-corrected chi connectivity index (χ1v) is 2.47. The van der Waals surface area contributed by atoms with Crippen LogP contribution in [0.1, 0.15) is 0 Å². The van der Waals surface area contributed by atoms with Gasteiger partial charge in [-0.25, -0.2) is 0 Å². The SMILES string of the molecule is C[N+](C)(C)CCO.[Na].[OH-]. The van der Waals surface area contributed by atoms with Gasteiger partial charge >= 0.3 is 0 Å². The quantitative estimate of drug-likeness (QED) is 0.404. The van der Waals surface area contributed by atoms with Gasteiger partial charge in [-0.1, -0.05) is 0 Å². The van der Waals surface area contributed by atoms with Crippen LogP contribution in [0.4, 0.5) is 0 Å². The number of rotatable bonds is 2. The number of hydrogen-bond donors (Lipinski definition) is 1. The third-order valence-electron chi connectivity index (χ3n) is 0.771. The van der Waals surface area contributed by atoms with E-state index in [-0.39, 0.29) is 41.6 Å². The number of aliphatic hydroxyl groups is 1. The van der Waals surface area contributed by atoms with E-state index in [0.29, 0.717) is 0 Å². The van der Waals surface area contributed by atoms with E-state index in [0.717, 1.165) is 11.0 Å². The van der Waals surface area contributed by atoms with Crippen LogP contribution >= 0.6 is 0 Å². The third kappa shape index (κ3) is 17.7. The van der Waals surface area contributed by atoms with Crippen LogP contribution in [0.25, 0.3) is 0 Å². The van der Waals surface area contributed by atoms with Gasteiger partial charge in [0.2, 0.25) is 0 Å². The van der Waals surface area contributed by atoms with Crippen LogP contribution in [0.3, 0.4) is 0 Å². The molecule has 3 nitrogen and oxygen atoms in total. The Kier molecular flexibility index (Phi) is 12.8. The summed E-state index contributed by atoms with van der Waals surface area (Å²) in [6.45, 7) is 1.11. The van der Waals surface area contributed by atoms with Crippen LogP contribution in [0.2, 0.25) is 0 Å². The second kappa shape index (κ2) is 6.99. The van der Waals surface area contributed by atoms with Gasteiger partial charge in [-0.15, -0.1) is 0 Å². The van der Waals surface area contributed by atoms with Crippen LogP contribution in [0.15, 0.2) is 0 Å². The fraction of sp³-hybridized carbons (Fsp3) is 1.00. The summed E-state index contributed by atoms with van der Waals surface area (Å²) < 4.78 is 0.844. The predicted octanol–water partition coefficient (Wildman–Crippen LogP) is -0.873. The Hall–Kier alpha value is 0.880. The van der Waals surface area contributed by atoms with Crippen molar-refractivity contribution in [3.8, 4) is 0 Å². The maximum atomic E-state index is 8.39. The molecule has 0 fully saturated rings. The molecule has 0 aliphatic rings. The molecule has 0 spiro atoms. The predicted molar refractivity (Wildman–Crippen MR) is 37.7 cm³/mol. The molecule has 0 atom stereocenters. The fourth-order valence-corrected chi connectivity index (χ4v) is 0.300. The summed E-state index contributed by atoms with van der Waals surface area (Å²) in [4.78, 5) is 0. The Morgan fingerprint density at radius 3 is 1.56 bits per heavy atom. The van der Waals surface area contributed by atoms with E-state index in [1.54, 1.807) is 0 Å². The van der Waals surface area contributed by atoms with Crippen molar-refractivity contribution in [3.63, 3.8) is 0 Å². The number of likely N-dealkylation sites (N-methyl/N-ethyl adjacent to an activating group) is 1. The van der Waals surface area contributed by atoms with Gasteiger partial charge in [-0.05, 0) is 0 Å². The average molecular weight is 144 g/mol. The van der Waals surface area contributed by atoms with Gasteiger partial charge in [-0.3, -0.25) is 0 Å². The zero-order chi connectivity index (χ0) is 5.91. The average Bonchev–Trinajstić information content (AvgIpc) is 1.30. The van der Waals surface area contributed by atoms with Gasteiger partial charge in [0.15, 0.2) is 0 Å². The smallest absolute Gasteiger partial charge is 0.101 e. The van der Waals surface area contributed by atoms with E-state index >= 15 is 0 Å². The van der Waals surface area contributed by atoms with Crippen molar-refractivity contribution in [2.75, 3.05) is 34.3 Å². The first-order valence-electron chi connectivity index (χ1n) is 2.47. The van der Waals surface area contributed by atoms with Crippen LogP contribution in [0, 0.1) is 0 Å². The molecule has 4 heteroatoms. The molecule has 0 heterocycles. The number of nitrogens with zero attached hydrogens (tertiary/aromatic N) is 1. The molecule has 0 aromatic heterocycles. The normalized spacial score (nSPS) is 9.33. The summed E-state index contributed by atoms with van der Waals surface area (Å²) in [5.74, 6) is 0. The summed E-state index contributed by atoms with van der Waals surface area (Å²) in [6.07, 6.45) is 0. The van der Waals surface area contributed by atoms with E-state index in [1.165, 1.54) is 0 Å². The molecule has 0 aliphatic carbocycles. The molecule has 0 bridgehead atoms. The Labute approximate surface area is 78.9 Å². The molecule has 0 aromatic rings. The summed E-state index contributed by atoms with van der Waals surface area (Å²) in [7, 11) is 6.16. The molecule has 0 aliphatic heterocycles. The molecule has 0 saturated carbocycles. The minimum atomic E-state index is 0. The zero-order valence-corrected chi connectivity index (χ0v) is 8.76. The van der Waals surface area contributed by atoms with Gasteiger partial charge in [0.1, 0.15) is 6.54 Å². The molecule has 0 unspecified atom stereocenters. The molecular weight excluding hydrogens is 129 g/mol. The molecule has 0 saturated heterocycles. The Bertz CT molecular complexity index is 53.4. The van der Waals surface area contributed by atoms with E-state index in [2.05, 4.69) is 21.1 Å². The number of quaternary nitrogens is 1. The second-order valence-corrected chi connectivity index (χ2v) is 2.74. The Balaban J connectivity index is -0.000000180. The van der Waals surface area contributed by atoms with Crippen LogP contribution < -0.4 is 0 Å². The summed E-state index contributed by atoms with van der Waals surface area (Å²) in [5, 5.41) is 8.39. The summed E-state index contributed by atoms with van der Waals surface area (Å²) >= 11 is 0. The van der Waals surface area contributed by atoms with E-state index in [9.17, 15) is 0 Å². The van der Waals surface area contributed by atoms with E-state index in [1.807, 2.05) is 0 Å². The molecule has 0 aromatic carbocycles. The van der Waals surface area contributed by atoms with Crippen molar-refractivity contribution in [1.29, 1.82) is 0 Å². The Morgan fingerprint density at radius 1 is 1.22 bits per heavy atom. The first kappa shape index (κ1) is 16.5. The van der Waals surface area contributed by atoms with Crippen LogP contribution in [-0.2, 0) is 0 Å². The molecule has 53 valence electrons. The maximum absolute atomic E-state index is 8.39. The van der Waals surface area contributed by atoms with Crippen molar-refractivity contribution in [2.24, 2.45) is 0 Å². The minimum Gasteiger partial charge on any atom is -0.870 e. The minimum absolute atomic E-state index is 0. The van der Waals surface area contributed by atoms with E-state index < -0.39 is 0 Å². The maximum Gasteiger partial charge on any atom is 0.101 e. The van der Waals surface area contributed by atoms with Gasteiger partial charge in [0, 0.05) is 29.6 Å². The molecule has 0 rings (SSSR count). The van der Waals surface area contributed by atoms with Crippen molar-refractivity contribution in [3.05, 3.63) is 0 Å². The van der Waals surface area contributed by atoms with Gasteiger partial charge in [0.05, 0.1) is 27.7 Å². The molecule has 2 N–H and O–H groups in total. The summed E-state index contributed by atoms with van der Waals surface area (Å²) in [5.41, 5.74) is 0. The zero-order valence-electron chi connectivity index (χ0n) is 6.76. The largest absolute Gasteiger partial charge is 0.870 e. The van der Waals surface area contributed by atoms with Crippen molar-refractivity contribution in [2.45, 2.75) is 0 Å². The second-order valence-electron chi connectivity index (χ2n) is 2.74. The standard InChI is InChI=1S/C5H14NO.Na.H2O/c1-6(2,3)4-5-7;;/h7H,4-5H2,1-3H3;;1H2/q+1;;/p-1.